The summed E-state index contributed by atoms with van der Waals surface area (Å²) in [5.41, 5.74) is 0.321. The Morgan fingerprint density at radius 3 is 2.59 bits per heavy atom. The van der Waals surface area contributed by atoms with Crippen LogP contribution in [-0.4, -0.2) is 40.5 Å². The Balaban J connectivity index is 1.87. The average Bonchev–Trinajstić information content (AvgIpc) is 3.12. The highest BCUT2D eigenvalue weighted by Gasteiger charge is 2.39. The van der Waals surface area contributed by atoms with Gasteiger partial charge in [0.25, 0.3) is 5.91 Å². The van der Waals surface area contributed by atoms with E-state index in [4.69, 9.17) is 4.52 Å². The van der Waals surface area contributed by atoms with Crippen LogP contribution in [0.25, 0.3) is 11.3 Å². The van der Waals surface area contributed by atoms with E-state index in [2.05, 4.69) is 24.3 Å². The molecular formula is C22H28FN3O3. The quantitative estimate of drug-likeness (QED) is 0.797. The Hall–Kier alpha value is -2.70. The molecule has 1 aromatic carbocycles. The summed E-state index contributed by atoms with van der Waals surface area (Å²) in [7, 11) is 0. The monoisotopic (exact) mass is 401 g/mol. The molecule has 2 atom stereocenters. The van der Waals surface area contributed by atoms with E-state index in [1.165, 1.54) is 12.1 Å². The summed E-state index contributed by atoms with van der Waals surface area (Å²) >= 11 is 0. The number of hydrogen-bond donors (Lipinski definition) is 1. The second-order valence-corrected chi connectivity index (χ2v) is 8.49. The standard InChI is InChI=1S/C22H28FN3O3/c1-13(2)9-15-12-26(19(10-14(3)4)21(27)24-15)22(28)18-11-20(29-25-18)16-7-5-6-8-17(16)23/h5-8,11,13-15,19H,9-10,12H2,1-4H3,(H,24,27)/t15-,19-/m0/s1. The minimum Gasteiger partial charge on any atom is -0.355 e. The number of rotatable bonds is 6. The molecule has 0 spiro atoms. The van der Waals surface area contributed by atoms with E-state index < -0.39 is 11.9 Å². The first kappa shape index (κ1) is 21.0. The van der Waals surface area contributed by atoms with Crippen molar-refractivity contribution in [1.29, 1.82) is 0 Å². The van der Waals surface area contributed by atoms with Crippen molar-refractivity contribution in [1.82, 2.24) is 15.4 Å². The second kappa shape index (κ2) is 8.76. The number of nitrogens with one attached hydrogen (secondary N) is 1. The minimum absolute atomic E-state index is 0.0787. The predicted octanol–water partition coefficient (Wildman–Crippen LogP) is 3.88. The van der Waals surface area contributed by atoms with Gasteiger partial charge in [-0.1, -0.05) is 45.0 Å². The zero-order valence-electron chi connectivity index (χ0n) is 17.3. The summed E-state index contributed by atoms with van der Waals surface area (Å²) in [6, 6.07) is 6.94. The maximum Gasteiger partial charge on any atom is 0.276 e. The molecule has 1 aliphatic heterocycles. The Kier molecular flexibility index (Phi) is 6.35. The Morgan fingerprint density at radius 1 is 1.24 bits per heavy atom. The first-order chi connectivity index (χ1) is 13.8. The number of aromatic nitrogens is 1. The van der Waals surface area contributed by atoms with E-state index in [1.54, 1.807) is 23.1 Å². The van der Waals surface area contributed by atoms with E-state index in [0.29, 0.717) is 18.9 Å². The molecule has 2 amide bonds. The molecule has 7 heteroatoms. The smallest absolute Gasteiger partial charge is 0.276 e. The fourth-order valence-electron chi connectivity index (χ4n) is 3.77. The van der Waals surface area contributed by atoms with Crippen LogP contribution in [0, 0.1) is 17.7 Å². The van der Waals surface area contributed by atoms with Crippen LogP contribution in [0.2, 0.25) is 0 Å². The summed E-state index contributed by atoms with van der Waals surface area (Å²) in [4.78, 5) is 27.6. The number of hydrogen-bond acceptors (Lipinski definition) is 4. The maximum absolute atomic E-state index is 14.0. The SMILES string of the molecule is CC(C)C[C@H]1CN(C(=O)c2cc(-c3ccccc3F)on2)[C@@H](CC(C)C)C(=O)N1. The predicted molar refractivity (Wildman–Crippen MR) is 108 cm³/mol. The molecule has 1 aliphatic rings. The molecule has 1 saturated heterocycles. The Labute approximate surface area is 170 Å². The van der Waals surface area contributed by atoms with Gasteiger partial charge in [-0.25, -0.2) is 4.39 Å². The number of piperazine rings is 1. The molecule has 0 unspecified atom stereocenters. The third-order valence-electron chi connectivity index (χ3n) is 5.02. The van der Waals surface area contributed by atoms with Crippen LogP contribution in [0.3, 0.4) is 0 Å². The first-order valence-electron chi connectivity index (χ1n) is 10.1. The van der Waals surface area contributed by atoms with Gasteiger partial charge in [0.15, 0.2) is 11.5 Å². The van der Waals surface area contributed by atoms with Crippen LogP contribution in [0.1, 0.15) is 51.0 Å². The molecule has 1 aromatic heterocycles. The van der Waals surface area contributed by atoms with E-state index in [0.717, 1.165) is 6.42 Å². The van der Waals surface area contributed by atoms with Crippen LogP contribution in [-0.2, 0) is 4.79 Å². The zero-order valence-corrected chi connectivity index (χ0v) is 17.3. The minimum atomic E-state index is -0.556. The second-order valence-electron chi connectivity index (χ2n) is 8.49. The van der Waals surface area contributed by atoms with Crippen molar-refractivity contribution in [2.45, 2.75) is 52.6 Å². The number of halogens is 1. The van der Waals surface area contributed by atoms with Crippen molar-refractivity contribution < 1.29 is 18.5 Å². The zero-order chi connectivity index (χ0) is 21.1. The van der Waals surface area contributed by atoms with Crippen LogP contribution >= 0.6 is 0 Å². The van der Waals surface area contributed by atoms with Gasteiger partial charge in [0.05, 0.1) is 5.56 Å². The summed E-state index contributed by atoms with van der Waals surface area (Å²) in [5.74, 6) is -0.137. The molecule has 3 rings (SSSR count). The fraction of sp³-hybridized carbons (Fsp3) is 0.500. The van der Waals surface area contributed by atoms with Crippen LogP contribution in [0.5, 0.6) is 0 Å². The van der Waals surface area contributed by atoms with E-state index in [1.807, 2.05) is 13.8 Å². The number of benzene rings is 1. The lowest BCUT2D eigenvalue weighted by Crippen LogP contribution is -2.62. The van der Waals surface area contributed by atoms with Crippen molar-refractivity contribution >= 4 is 11.8 Å². The summed E-state index contributed by atoms with van der Waals surface area (Å²) in [6.45, 7) is 8.61. The molecule has 6 nitrogen and oxygen atoms in total. The van der Waals surface area contributed by atoms with Crippen LogP contribution in [0.15, 0.2) is 34.9 Å². The van der Waals surface area contributed by atoms with Crippen LogP contribution in [0.4, 0.5) is 4.39 Å². The molecule has 29 heavy (non-hydrogen) atoms. The normalized spacial score (nSPS) is 19.7. The van der Waals surface area contributed by atoms with Gasteiger partial charge in [0.1, 0.15) is 11.9 Å². The van der Waals surface area contributed by atoms with Crippen LogP contribution < -0.4 is 5.32 Å². The van der Waals surface area contributed by atoms with Gasteiger partial charge in [-0.2, -0.15) is 0 Å². The molecule has 2 heterocycles. The number of carbonyl (C=O) groups is 2. The number of nitrogens with zero attached hydrogens (tertiary/aromatic N) is 2. The third-order valence-corrected chi connectivity index (χ3v) is 5.02. The van der Waals surface area contributed by atoms with Gasteiger partial charge in [0.2, 0.25) is 5.91 Å². The van der Waals surface area contributed by atoms with Gasteiger partial charge < -0.3 is 14.7 Å². The van der Waals surface area contributed by atoms with E-state index >= 15 is 0 Å². The molecular weight excluding hydrogens is 373 g/mol. The lowest BCUT2D eigenvalue weighted by atomic mass is 9.94. The number of amides is 2. The molecule has 1 N–H and O–H groups in total. The molecule has 0 aliphatic carbocycles. The highest BCUT2D eigenvalue weighted by atomic mass is 19.1. The van der Waals surface area contributed by atoms with Gasteiger partial charge in [-0.05, 0) is 36.8 Å². The molecule has 2 aromatic rings. The first-order valence-corrected chi connectivity index (χ1v) is 10.1. The largest absolute Gasteiger partial charge is 0.355 e. The highest BCUT2D eigenvalue weighted by Crippen LogP contribution is 2.26. The van der Waals surface area contributed by atoms with Gasteiger partial charge in [0, 0.05) is 18.7 Å². The lowest BCUT2D eigenvalue weighted by molar-refractivity contribution is -0.130. The molecule has 0 bridgehead atoms. The van der Waals surface area contributed by atoms with Gasteiger partial charge in [-0.15, -0.1) is 0 Å². The third kappa shape index (κ3) is 4.83. The summed E-state index contributed by atoms with van der Waals surface area (Å²) in [5, 5.41) is 6.92. The van der Waals surface area contributed by atoms with Gasteiger partial charge in [-0.3, -0.25) is 9.59 Å². The van der Waals surface area contributed by atoms with E-state index in [-0.39, 0.29) is 40.8 Å². The average molecular weight is 401 g/mol. The van der Waals surface area contributed by atoms with Crippen molar-refractivity contribution in [2.75, 3.05) is 6.54 Å². The lowest BCUT2D eigenvalue weighted by Gasteiger charge is -2.40. The molecule has 0 radical (unpaired) electrons. The van der Waals surface area contributed by atoms with Crippen molar-refractivity contribution in [3.05, 3.63) is 41.8 Å². The Bertz CT molecular complexity index is 878. The van der Waals surface area contributed by atoms with Gasteiger partial charge >= 0.3 is 0 Å². The summed E-state index contributed by atoms with van der Waals surface area (Å²) < 4.78 is 19.3. The van der Waals surface area contributed by atoms with Crippen molar-refractivity contribution in [3.63, 3.8) is 0 Å². The highest BCUT2D eigenvalue weighted by molar-refractivity contribution is 5.97. The van der Waals surface area contributed by atoms with Crippen molar-refractivity contribution in [3.8, 4) is 11.3 Å². The molecule has 0 saturated carbocycles. The topological polar surface area (TPSA) is 75.4 Å². The van der Waals surface area contributed by atoms with Crippen molar-refractivity contribution in [2.24, 2.45) is 11.8 Å². The molecule has 1 fully saturated rings. The van der Waals surface area contributed by atoms with E-state index in [9.17, 15) is 14.0 Å². The Morgan fingerprint density at radius 2 is 1.93 bits per heavy atom. The fourth-order valence-corrected chi connectivity index (χ4v) is 3.77. The molecule has 156 valence electrons. The summed E-state index contributed by atoms with van der Waals surface area (Å²) in [6.07, 6.45) is 1.34. The number of carbonyl (C=O) groups excluding carboxylic acids is 2. The maximum atomic E-state index is 14.0.